The topological polar surface area (TPSA) is 94.5 Å². The molecule has 8 nitrogen and oxygen atoms in total. The van der Waals surface area contributed by atoms with Crippen LogP contribution in [0, 0.1) is 19.8 Å². The summed E-state index contributed by atoms with van der Waals surface area (Å²) in [5.41, 5.74) is 3.15. The normalized spacial score (nSPS) is 19.3. The Kier molecular flexibility index (Phi) is 4.62. The molecule has 1 N–H and O–H groups in total. The van der Waals surface area contributed by atoms with Crippen LogP contribution in [0.1, 0.15) is 67.2 Å². The average Bonchev–Trinajstić information content (AvgIpc) is 3.34. The molecule has 8 heteroatoms. The summed E-state index contributed by atoms with van der Waals surface area (Å²) >= 11 is 0. The maximum atomic E-state index is 10.6. The minimum absolute atomic E-state index is 0.0233. The molecule has 0 amide bonds. The molecule has 2 unspecified atom stereocenters. The predicted octanol–water partition coefficient (Wildman–Crippen LogP) is 3.52. The second-order valence-corrected chi connectivity index (χ2v) is 8.78. The average molecular weight is 418 g/mol. The van der Waals surface area contributed by atoms with Crippen LogP contribution in [0.3, 0.4) is 0 Å². The van der Waals surface area contributed by atoms with Crippen LogP contribution >= 0.6 is 0 Å². The summed E-state index contributed by atoms with van der Waals surface area (Å²) in [6.45, 7) is 7.63. The van der Waals surface area contributed by atoms with Gasteiger partial charge in [0.2, 0.25) is 0 Å². The Morgan fingerprint density at radius 1 is 1.00 bits per heavy atom. The van der Waals surface area contributed by atoms with Gasteiger partial charge in [0.25, 0.3) is 0 Å². The first-order valence-corrected chi connectivity index (χ1v) is 10.7. The van der Waals surface area contributed by atoms with E-state index in [9.17, 15) is 5.11 Å². The van der Waals surface area contributed by atoms with Crippen molar-refractivity contribution >= 4 is 11.0 Å². The molecule has 1 aliphatic rings. The molecule has 0 saturated heterocycles. The molecular weight excluding hydrogens is 390 g/mol. The quantitative estimate of drug-likeness (QED) is 0.534. The molecule has 31 heavy (non-hydrogen) atoms. The Hall–Kier alpha value is -3.13. The van der Waals surface area contributed by atoms with Crippen molar-refractivity contribution in [2.75, 3.05) is 0 Å². The SMILES string of the molecule is Cc1nc([C@@H]2CC2c2nc3ccccc3n2C)cc(-n2nc(C)nc2C(O)C(C)C)n1. The molecule has 1 fully saturated rings. The van der Waals surface area contributed by atoms with Crippen LogP contribution in [0.15, 0.2) is 30.3 Å². The highest BCUT2D eigenvalue weighted by Gasteiger charge is 2.44. The van der Waals surface area contributed by atoms with E-state index in [-0.39, 0.29) is 5.92 Å². The van der Waals surface area contributed by atoms with Gasteiger partial charge in [-0.1, -0.05) is 26.0 Å². The fourth-order valence-corrected chi connectivity index (χ4v) is 4.27. The molecule has 3 heterocycles. The van der Waals surface area contributed by atoms with Crippen LogP contribution in [-0.4, -0.2) is 39.4 Å². The third kappa shape index (κ3) is 3.40. The number of nitrogens with zero attached hydrogens (tertiary/aromatic N) is 7. The summed E-state index contributed by atoms with van der Waals surface area (Å²) in [5.74, 6) is 4.19. The summed E-state index contributed by atoms with van der Waals surface area (Å²) < 4.78 is 3.84. The van der Waals surface area contributed by atoms with Crippen molar-refractivity contribution in [1.29, 1.82) is 0 Å². The van der Waals surface area contributed by atoms with Crippen LogP contribution in [0.5, 0.6) is 0 Å². The molecule has 0 spiro atoms. The summed E-state index contributed by atoms with van der Waals surface area (Å²) in [4.78, 5) is 18.6. The lowest BCUT2D eigenvalue weighted by Crippen LogP contribution is -2.15. The summed E-state index contributed by atoms with van der Waals surface area (Å²) in [7, 11) is 2.08. The van der Waals surface area contributed by atoms with Crippen LogP contribution in [0.25, 0.3) is 16.9 Å². The first-order valence-electron chi connectivity index (χ1n) is 10.7. The number of imidazole rings is 1. The molecule has 1 aliphatic carbocycles. The van der Waals surface area contributed by atoms with Crippen molar-refractivity contribution in [2.24, 2.45) is 13.0 Å². The third-order valence-corrected chi connectivity index (χ3v) is 6.02. The number of benzene rings is 1. The zero-order valence-corrected chi connectivity index (χ0v) is 18.5. The second kappa shape index (κ2) is 7.23. The maximum Gasteiger partial charge on any atom is 0.163 e. The van der Waals surface area contributed by atoms with Gasteiger partial charge in [-0.3, -0.25) is 0 Å². The van der Waals surface area contributed by atoms with Crippen molar-refractivity contribution in [2.45, 2.75) is 52.1 Å². The summed E-state index contributed by atoms with van der Waals surface area (Å²) in [5, 5.41) is 15.1. The minimum Gasteiger partial charge on any atom is -0.385 e. The van der Waals surface area contributed by atoms with Gasteiger partial charge in [-0.25, -0.2) is 19.9 Å². The van der Waals surface area contributed by atoms with Crippen LogP contribution in [0.4, 0.5) is 0 Å². The summed E-state index contributed by atoms with van der Waals surface area (Å²) in [6.07, 6.45) is 0.291. The van der Waals surface area contributed by atoms with E-state index in [2.05, 4.69) is 38.8 Å². The van der Waals surface area contributed by atoms with Gasteiger partial charge in [-0.2, -0.15) is 4.68 Å². The van der Waals surface area contributed by atoms with E-state index in [1.807, 2.05) is 45.9 Å². The van der Waals surface area contributed by atoms with Crippen LogP contribution in [0.2, 0.25) is 0 Å². The van der Waals surface area contributed by atoms with Gasteiger partial charge in [-0.05, 0) is 38.3 Å². The van der Waals surface area contributed by atoms with Crippen molar-refractivity contribution in [1.82, 2.24) is 34.3 Å². The molecule has 4 aromatic rings. The van der Waals surface area contributed by atoms with E-state index < -0.39 is 6.10 Å². The lowest BCUT2D eigenvalue weighted by molar-refractivity contribution is 0.115. The number of fused-ring (bicyclic) bond motifs is 1. The Morgan fingerprint density at radius 3 is 2.52 bits per heavy atom. The number of rotatable bonds is 5. The van der Waals surface area contributed by atoms with Crippen LogP contribution < -0.4 is 0 Å². The Bertz CT molecular complexity index is 1270. The number of hydrogen-bond donors (Lipinski definition) is 1. The molecule has 0 aliphatic heterocycles. The highest BCUT2D eigenvalue weighted by Crippen LogP contribution is 2.54. The first-order chi connectivity index (χ1) is 14.8. The zero-order chi connectivity index (χ0) is 21.9. The fraction of sp³-hybridized carbons (Fsp3) is 0.435. The zero-order valence-electron chi connectivity index (χ0n) is 18.5. The van der Waals surface area contributed by atoms with E-state index in [0.717, 1.165) is 29.0 Å². The molecular formula is C23H27N7O. The molecule has 5 rings (SSSR count). The van der Waals surface area contributed by atoms with E-state index >= 15 is 0 Å². The number of para-hydroxylation sites is 2. The number of aromatic nitrogens is 7. The van der Waals surface area contributed by atoms with Crippen molar-refractivity contribution in [3.63, 3.8) is 0 Å². The number of aliphatic hydroxyl groups is 1. The molecule has 3 aromatic heterocycles. The predicted molar refractivity (Wildman–Crippen MR) is 117 cm³/mol. The summed E-state index contributed by atoms with van der Waals surface area (Å²) in [6, 6.07) is 10.2. The standard InChI is InChI=1S/C23H27N7O/c1-12(2)21(31)23-26-14(4)28-30(23)20-11-18(24-13(3)25-20)15-10-16(15)22-27-17-8-6-7-9-19(17)29(22)5/h6-9,11-12,15-16,21,31H,10H2,1-5H3/t15-,16?,21?/m1/s1. The van der Waals surface area contributed by atoms with Crippen molar-refractivity contribution in [3.8, 4) is 5.82 Å². The largest absolute Gasteiger partial charge is 0.385 e. The molecule has 0 bridgehead atoms. The smallest absolute Gasteiger partial charge is 0.163 e. The monoisotopic (exact) mass is 417 g/mol. The van der Waals surface area contributed by atoms with E-state index in [1.165, 1.54) is 0 Å². The molecule has 3 atom stereocenters. The molecule has 1 saturated carbocycles. The second-order valence-electron chi connectivity index (χ2n) is 8.78. The Labute approximate surface area is 181 Å². The van der Waals surface area contributed by atoms with Crippen molar-refractivity contribution in [3.05, 3.63) is 59.3 Å². The first kappa shape index (κ1) is 19.8. The number of hydrogen-bond acceptors (Lipinski definition) is 6. The van der Waals surface area contributed by atoms with Gasteiger partial charge in [0, 0.05) is 24.9 Å². The lowest BCUT2D eigenvalue weighted by Gasteiger charge is -2.15. The van der Waals surface area contributed by atoms with E-state index in [0.29, 0.717) is 35.1 Å². The fourth-order valence-electron chi connectivity index (χ4n) is 4.27. The highest BCUT2D eigenvalue weighted by atomic mass is 16.3. The highest BCUT2D eigenvalue weighted by molar-refractivity contribution is 5.76. The van der Waals surface area contributed by atoms with Gasteiger partial charge in [-0.15, -0.1) is 5.10 Å². The van der Waals surface area contributed by atoms with Gasteiger partial charge in [0.15, 0.2) is 11.6 Å². The number of aryl methyl sites for hydroxylation is 3. The Balaban J connectivity index is 1.50. The maximum absolute atomic E-state index is 10.6. The van der Waals surface area contributed by atoms with Crippen LogP contribution in [-0.2, 0) is 7.05 Å². The van der Waals surface area contributed by atoms with Gasteiger partial charge < -0.3 is 9.67 Å². The lowest BCUT2D eigenvalue weighted by atomic mass is 10.1. The van der Waals surface area contributed by atoms with Gasteiger partial charge >= 0.3 is 0 Å². The van der Waals surface area contributed by atoms with Crippen molar-refractivity contribution < 1.29 is 5.11 Å². The molecule has 0 radical (unpaired) electrons. The van der Waals surface area contributed by atoms with Gasteiger partial charge in [0.05, 0.1) is 16.7 Å². The Morgan fingerprint density at radius 2 is 1.77 bits per heavy atom. The number of aliphatic hydroxyl groups excluding tert-OH is 1. The van der Waals surface area contributed by atoms with Gasteiger partial charge in [0.1, 0.15) is 23.6 Å². The molecule has 1 aromatic carbocycles. The third-order valence-electron chi connectivity index (χ3n) is 6.02. The minimum atomic E-state index is -0.714. The van der Waals surface area contributed by atoms with E-state index in [4.69, 9.17) is 9.97 Å². The molecule has 160 valence electrons. The van der Waals surface area contributed by atoms with E-state index in [1.54, 1.807) is 4.68 Å².